The topological polar surface area (TPSA) is 128 Å². The Balaban J connectivity index is 1.51. The van der Waals surface area contributed by atoms with Gasteiger partial charge in [-0.25, -0.2) is 0 Å². The third-order valence-corrected chi connectivity index (χ3v) is 6.43. The van der Waals surface area contributed by atoms with Crippen molar-refractivity contribution in [3.63, 3.8) is 0 Å². The fourth-order valence-corrected chi connectivity index (χ4v) is 4.60. The van der Waals surface area contributed by atoms with Crippen molar-refractivity contribution in [1.29, 1.82) is 0 Å². The van der Waals surface area contributed by atoms with E-state index >= 15 is 0 Å². The van der Waals surface area contributed by atoms with Gasteiger partial charge in [0.25, 0.3) is 0 Å². The average Bonchev–Trinajstić information content (AvgIpc) is 2.93. The maximum absolute atomic E-state index is 13.1. The first-order valence-corrected chi connectivity index (χ1v) is 11.9. The highest BCUT2D eigenvalue weighted by molar-refractivity contribution is 6.02. The van der Waals surface area contributed by atoms with Crippen molar-refractivity contribution >= 4 is 23.5 Å². The van der Waals surface area contributed by atoms with Gasteiger partial charge in [0, 0.05) is 0 Å². The minimum Gasteiger partial charge on any atom is -0.489 e. The molecule has 2 heterocycles. The van der Waals surface area contributed by atoms with Gasteiger partial charge in [-0.05, 0) is 50.4 Å². The maximum Gasteiger partial charge on any atom is 0.323 e. The lowest BCUT2D eigenvalue weighted by molar-refractivity contribution is -0.141. The van der Waals surface area contributed by atoms with Crippen molar-refractivity contribution in [1.82, 2.24) is 10.6 Å². The number of benzene rings is 1. The molecule has 1 aromatic carbocycles. The highest BCUT2D eigenvalue weighted by atomic mass is 16.5. The Hall–Kier alpha value is -2.65. The van der Waals surface area contributed by atoms with Crippen LogP contribution in [0.4, 0.5) is 5.69 Å². The van der Waals surface area contributed by atoms with Crippen LogP contribution in [-0.4, -0.2) is 66.4 Å². The molecule has 0 aliphatic carbocycles. The molecular formula is C24H35N3O6. The lowest BCUT2D eigenvalue weighted by Crippen LogP contribution is -2.54. The van der Waals surface area contributed by atoms with E-state index in [4.69, 9.17) is 4.74 Å². The predicted molar refractivity (Wildman–Crippen MR) is 124 cm³/mol. The van der Waals surface area contributed by atoms with Gasteiger partial charge in [0.05, 0.1) is 5.69 Å². The number of anilines is 1. The van der Waals surface area contributed by atoms with Crippen molar-refractivity contribution < 1.29 is 29.3 Å². The van der Waals surface area contributed by atoms with E-state index in [2.05, 4.69) is 10.6 Å². The van der Waals surface area contributed by atoms with Crippen LogP contribution in [0.15, 0.2) is 24.3 Å². The van der Waals surface area contributed by atoms with Gasteiger partial charge in [-0.15, -0.1) is 0 Å². The number of rotatable bonds is 12. The third kappa shape index (κ3) is 7.43. The summed E-state index contributed by atoms with van der Waals surface area (Å²) in [6.45, 7) is 1.63. The number of unbranched alkanes of at least 4 members (excludes halogenated alkanes) is 3. The molecule has 2 aliphatic heterocycles. The number of amides is 1. The van der Waals surface area contributed by atoms with Gasteiger partial charge in [-0.2, -0.15) is 0 Å². The lowest BCUT2D eigenvalue weighted by atomic mass is 9.92. The van der Waals surface area contributed by atoms with Crippen LogP contribution < -0.4 is 20.3 Å². The van der Waals surface area contributed by atoms with Crippen LogP contribution >= 0.6 is 0 Å². The highest BCUT2D eigenvalue weighted by Crippen LogP contribution is 2.31. The Kier molecular flexibility index (Phi) is 9.50. The van der Waals surface area contributed by atoms with E-state index in [9.17, 15) is 24.6 Å². The number of ether oxygens (including phenoxy) is 1. The molecule has 3 rings (SSSR count). The number of fused-ring (bicyclic) bond motifs is 1. The first kappa shape index (κ1) is 25.0. The monoisotopic (exact) mass is 461 g/mol. The molecule has 2 aliphatic rings. The number of carboxylic acid groups (broad SMARTS) is 2. The number of carboxylic acids is 2. The second-order valence-electron chi connectivity index (χ2n) is 8.89. The average molecular weight is 462 g/mol. The molecule has 0 radical (unpaired) electrons. The molecule has 182 valence electrons. The number of carbonyl (C=O) groups is 3. The van der Waals surface area contributed by atoms with E-state index in [-0.39, 0.29) is 6.61 Å². The van der Waals surface area contributed by atoms with E-state index in [0.29, 0.717) is 17.9 Å². The van der Waals surface area contributed by atoms with Gasteiger partial charge in [0.2, 0.25) is 5.91 Å². The smallest absolute Gasteiger partial charge is 0.323 e. The number of piperidine rings is 1. The molecule has 0 spiro atoms. The highest BCUT2D eigenvalue weighted by Gasteiger charge is 2.35. The third-order valence-electron chi connectivity index (χ3n) is 6.43. The number of nitrogens with zero attached hydrogens (tertiary/aromatic N) is 1. The Morgan fingerprint density at radius 2 is 1.85 bits per heavy atom. The van der Waals surface area contributed by atoms with Crippen LogP contribution in [0.2, 0.25) is 0 Å². The number of aliphatic carboxylic acids is 2. The maximum atomic E-state index is 13.1. The normalized spacial score (nSPS) is 19.9. The van der Waals surface area contributed by atoms with E-state index < -0.39 is 36.5 Å². The molecule has 1 amide bonds. The Labute approximate surface area is 194 Å². The van der Waals surface area contributed by atoms with Gasteiger partial charge in [-0.1, -0.05) is 44.2 Å². The lowest BCUT2D eigenvalue weighted by Gasteiger charge is -2.25. The summed E-state index contributed by atoms with van der Waals surface area (Å²) >= 11 is 0. The fraction of sp³-hybridized carbons (Fsp3) is 0.625. The zero-order chi connectivity index (χ0) is 23.6. The molecule has 9 heteroatoms. The first-order valence-electron chi connectivity index (χ1n) is 11.9. The number of hydrogen-bond acceptors (Lipinski definition) is 6. The molecule has 0 bridgehead atoms. The standard InChI is InChI=1S/C24H35N3O6/c28-22(29)15-27-20-9-5-6-10-21(20)33-16-19(23(27)30)26-18(24(31)32)8-4-2-1-3-7-17-11-13-25-14-12-17/h5-6,9-10,17-19,25-26H,1-4,7-8,11-16H2,(H,28,29)(H,31,32)/t18-,19?/m0/s1. The molecule has 1 fully saturated rings. The molecule has 1 saturated heterocycles. The molecule has 33 heavy (non-hydrogen) atoms. The van der Waals surface area contributed by atoms with Crippen LogP contribution in [0.1, 0.15) is 51.4 Å². The zero-order valence-electron chi connectivity index (χ0n) is 19.0. The van der Waals surface area contributed by atoms with Crippen LogP contribution in [0.5, 0.6) is 5.75 Å². The second-order valence-corrected chi connectivity index (χ2v) is 8.89. The quantitative estimate of drug-likeness (QED) is 0.349. The van der Waals surface area contributed by atoms with E-state index in [1.807, 2.05) is 0 Å². The van der Waals surface area contributed by atoms with Gasteiger partial charge >= 0.3 is 11.9 Å². The molecular weight excluding hydrogens is 426 g/mol. The van der Waals surface area contributed by atoms with Gasteiger partial charge < -0.3 is 20.3 Å². The van der Waals surface area contributed by atoms with Crippen molar-refractivity contribution in [2.24, 2.45) is 5.92 Å². The molecule has 1 unspecified atom stereocenters. The summed E-state index contributed by atoms with van der Waals surface area (Å²) in [7, 11) is 0. The summed E-state index contributed by atoms with van der Waals surface area (Å²) in [5.74, 6) is -1.48. The summed E-state index contributed by atoms with van der Waals surface area (Å²) in [5, 5.41) is 25.3. The number of hydrogen-bond donors (Lipinski definition) is 4. The van der Waals surface area contributed by atoms with Crippen molar-refractivity contribution in [3.05, 3.63) is 24.3 Å². The second kappa shape index (κ2) is 12.6. The van der Waals surface area contributed by atoms with E-state index in [1.165, 1.54) is 19.3 Å². The zero-order valence-corrected chi connectivity index (χ0v) is 19.0. The number of nitrogens with one attached hydrogen (secondary N) is 2. The fourth-order valence-electron chi connectivity index (χ4n) is 4.60. The summed E-state index contributed by atoms with van der Waals surface area (Å²) in [6, 6.07) is 4.87. The van der Waals surface area contributed by atoms with Crippen molar-refractivity contribution in [3.8, 4) is 5.75 Å². The Morgan fingerprint density at radius 3 is 2.58 bits per heavy atom. The molecule has 4 N–H and O–H groups in total. The van der Waals surface area contributed by atoms with E-state index in [0.717, 1.165) is 49.6 Å². The summed E-state index contributed by atoms with van der Waals surface area (Å²) in [5.41, 5.74) is 0.370. The van der Waals surface area contributed by atoms with Gasteiger partial charge in [-0.3, -0.25) is 24.6 Å². The minimum absolute atomic E-state index is 0.0635. The summed E-state index contributed by atoms with van der Waals surface area (Å²) in [4.78, 5) is 37.4. The SMILES string of the molecule is O=C(O)CN1C(=O)C(N[C@@H](CCCCCCC2CCNCC2)C(=O)O)COc2ccccc21. The van der Waals surface area contributed by atoms with Gasteiger partial charge in [0.1, 0.15) is 31.0 Å². The van der Waals surface area contributed by atoms with Crippen LogP contribution in [0, 0.1) is 5.92 Å². The number of carbonyl (C=O) groups excluding carboxylic acids is 1. The van der Waals surface area contributed by atoms with Gasteiger partial charge in [0.15, 0.2) is 0 Å². The summed E-state index contributed by atoms with van der Waals surface area (Å²) < 4.78 is 5.72. The molecule has 0 aromatic heterocycles. The van der Waals surface area contributed by atoms with Crippen LogP contribution in [0.25, 0.3) is 0 Å². The van der Waals surface area contributed by atoms with Crippen LogP contribution in [0.3, 0.4) is 0 Å². The largest absolute Gasteiger partial charge is 0.489 e. The molecule has 0 saturated carbocycles. The number of para-hydroxylation sites is 2. The molecule has 9 nitrogen and oxygen atoms in total. The minimum atomic E-state index is -1.15. The molecule has 1 aromatic rings. The first-order chi connectivity index (χ1) is 16.0. The molecule has 2 atom stereocenters. The summed E-state index contributed by atoms with van der Waals surface area (Å²) in [6.07, 6.45) is 8.04. The van der Waals surface area contributed by atoms with Crippen LogP contribution in [-0.2, 0) is 14.4 Å². The Bertz CT molecular complexity index is 811. The van der Waals surface area contributed by atoms with Crippen molar-refractivity contribution in [2.75, 3.05) is 31.1 Å². The van der Waals surface area contributed by atoms with Crippen molar-refractivity contribution in [2.45, 2.75) is 63.5 Å². The predicted octanol–water partition coefficient (Wildman–Crippen LogP) is 2.25. The Morgan fingerprint density at radius 1 is 1.12 bits per heavy atom. The van der Waals surface area contributed by atoms with E-state index in [1.54, 1.807) is 24.3 Å².